The molecule has 4 rings (SSSR count). The number of aromatic nitrogens is 4. The fourth-order valence-electron chi connectivity index (χ4n) is 3.70. The first-order valence-electron chi connectivity index (χ1n) is 8.78. The normalized spacial score (nSPS) is 18.2. The van der Waals surface area contributed by atoms with E-state index >= 15 is 0 Å². The van der Waals surface area contributed by atoms with Gasteiger partial charge in [0.1, 0.15) is 0 Å². The van der Waals surface area contributed by atoms with Gasteiger partial charge in [0.15, 0.2) is 0 Å². The molecule has 3 heterocycles. The van der Waals surface area contributed by atoms with Gasteiger partial charge >= 0.3 is 0 Å². The number of rotatable bonds is 4. The minimum Gasteiger partial charge on any atom is -0.297 e. The molecule has 0 amide bonds. The Morgan fingerprint density at radius 2 is 1.96 bits per heavy atom. The topological polar surface area (TPSA) is 63.9 Å². The molecule has 0 N–H and O–H groups in total. The van der Waals surface area contributed by atoms with Gasteiger partial charge in [0.2, 0.25) is 0 Å². The Kier molecular flexibility index (Phi) is 4.14. The van der Waals surface area contributed by atoms with Crippen molar-refractivity contribution in [2.45, 2.75) is 45.7 Å². The van der Waals surface area contributed by atoms with E-state index in [1.807, 2.05) is 6.92 Å². The molecule has 0 radical (unpaired) electrons. The molecule has 6 nitrogen and oxygen atoms in total. The molecule has 0 bridgehead atoms. The molecule has 0 saturated carbocycles. The van der Waals surface area contributed by atoms with Crippen LogP contribution in [0.15, 0.2) is 23.3 Å². The van der Waals surface area contributed by atoms with Gasteiger partial charge in [0.25, 0.3) is 5.56 Å². The first-order chi connectivity index (χ1) is 11.7. The van der Waals surface area contributed by atoms with Crippen LogP contribution in [0.3, 0.4) is 0 Å². The maximum Gasteiger partial charge on any atom is 0.267 e. The van der Waals surface area contributed by atoms with Crippen molar-refractivity contribution < 1.29 is 0 Å². The molecule has 24 heavy (non-hydrogen) atoms. The van der Waals surface area contributed by atoms with Crippen molar-refractivity contribution in [1.29, 1.82) is 0 Å². The number of fused-ring (bicyclic) bond motifs is 1. The van der Waals surface area contributed by atoms with Crippen LogP contribution in [0.4, 0.5) is 0 Å². The molecule has 1 fully saturated rings. The van der Waals surface area contributed by atoms with E-state index in [-0.39, 0.29) is 5.56 Å². The fourth-order valence-corrected chi connectivity index (χ4v) is 3.70. The molecule has 2 aromatic heterocycles. The zero-order valence-electron chi connectivity index (χ0n) is 14.1. The predicted molar refractivity (Wildman–Crippen MR) is 90.7 cm³/mol. The maximum atomic E-state index is 12.3. The van der Waals surface area contributed by atoms with E-state index < -0.39 is 0 Å². The summed E-state index contributed by atoms with van der Waals surface area (Å²) in [6, 6.07) is 1.81. The smallest absolute Gasteiger partial charge is 0.267 e. The number of nitrogens with zero attached hydrogens (tertiary/aromatic N) is 5. The Balaban J connectivity index is 1.37. The molecule has 1 aliphatic heterocycles. The van der Waals surface area contributed by atoms with E-state index in [2.05, 4.69) is 20.0 Å². The molecular formula is C18H23N5O. The third-order valence-electron chi connectivity index (χ3n) is 5.09. The van der Waals surface area contributed by atoms with E-state index in [1.165, 1.54) is 12.8 Å². The van der Waals surface area contributed by atoms with E-state index in [0.717, 1.165) is 61.7 Å². The summed E-state index contributed by atoms with van der Waals surface area (Å²) in [5.41, 5.74) is 4.38. The van der Waals surface area contributed by atoms with Crippen molar-refractivity contribution in [3.63, 3.8) is 0 Å². The van der Waals surface area contributed by atoms with Crippen molar-refractivity contribution in [3.8, 4) is 0 Å². The summed E-state index contributed by atoms with van der Waals surface area (Å²) in [5, 5.41) is 4.62. The van der Waals surface area contributed by atoms with Crippen molar-refractivity contribution in [2.75, 3.05) is 13.1 Å². The average molecular weight is 325 g/mol. The number of likely N-dealkylation sites (tertiary alicyclic amines) is 1. The van der Waals surface area contributed by atoms with Gasteiger partial charge in [-0.15, -0.1) is 0 Å². The monoisotopic (exact) mass is 325 g/mol. The highest BCUT2D eigenvalue weighted by Gasteiger charge is 2.28. The first kappa shape index (κ1) is 15.4. The average Bonchev–Trinajstić information content (AvgIpc) is 2.55. The van der Waals surface area contributed by atoms with E-state index in [1.54, 1.807) is 23.1 Å². The van der Waals surface area contributed by atoms with Gasteiger partial charge in [0, 0.05) is 44.0 Å². The molecule has 2 aromatic rings. The van der Waals surface area contributed by atoms with E-state index in [4.69, 9.17) is 0 Å². The Bertz CT molecular complexity index is 794. The second-order valence-corrected chi connectivity index (χ2v) is 6.99. The van der Waals surface area contributed by atoms with Crippen molar-refractivity contribution in [1.82, 2.24) is 24.6 Å². The minimum atomic E-state index is 0.0545. The second kappa shape index (κ2) is 6.43. The molecule has 1 saturated heterocycles. The van der Waals surface area contributed by atoms with Crippen LogP contribution in [0.1, 0.15) is 35.5 Å². The van der Waals surface area contributed by atoms with Crippen molar-refractivity contribution in [3.05, 3.63) is 51.5 Å². The van der Waals surface area contributed by atoms with Gasteiger partial charge < -0.3 is 0 Å². The van der Waals surface area contributed by atoms with Crippen LogP contribution in [-0.2, 0) is 25.9 Å². The molecule has 1 aliphatic carbocycles. The van der Waals surface area contributed by atoms with Crippen molar-refractivity contribution >= 4 is 0 Å². The SMILES string of the molecule is Cc1nccnc1CN1CC(Cn2nc3c(cc2=O)CCCC3)C1. The van der Waals surface area contributed by atoms with Crippen LogP contribution in [0.2, 0.25) is 0 Å². The Labute approximate surface area is 141 Å². The highest BCUT2D eigenvalue weighted by Crippen LogP contribution is 2.21. The lowest BCUT2D eigenvalue weighted by atomic mass is 9.96. The highest BCUT2D eigenvalue weighted by molar-refractivity contribution is 5.20. The van der Waals surface area contributed by atoms with Gasteiger partial charge in [-0.25, -0.2) is 4.68 Å². The molecular weight excluding hydrogens is 302 g/mol. The second-order valence-electron chi connectivity index (χ2n) is 6.99. The molecule has 0 spiro atoms. The summed E-state index contributed by atoms with van der Waals surface area (Å²) in [4.78, 5) is 23.3. The lowest BCUT2D eigenvalue weighted by Crippen LogP contribution is -2.49. The standard InChI is InChI=1S/C18H23N5O/c1-13-17(20-7-6-19-13)12-22-9-14(10-22)11-23-18(24)8-15-4-2-3-5-16(15)21-23/h6-8,14H,2-5,9-12H2,1H3. The molecule has 2 aliphatic rings. The molecule has 126 valence electrons. The van der Waals surface area contributed by atoms with Gasteiger partial charge in [-0.2, -0.15) is 5.10 Å². The van der Waals surface area contributed by atoms with Gasteiger partial charge in [-0.1, -0.05) is 0 Å². The molecule has 0 aromatic carbocycles. The van der Waals surface area contributed by atoms with Gasteiger partial charge in [-0.05, 0) is 38.2 Å². The molecule has 0 atom stereocenters. The van der Waals surface area contributed by atoms with Crippen molar-refractivity contribution in [2.24, 2.45) is 5.92 Å². The summed E-state index contributed by atoms with van der Waals surface area (Å²) < 4.78 is 1.68. The fraction of sp³-hybridized carbons (Fsp3) is 0.556. The third-order valence-corrected chi connectivity index (χ3v) is 5.09. The van der Waals surface area contributed by atoms with E-state index in [0.29, 0.717) is 5.92 Å². The van der Waals surface area contributed by atoms with Crippen LogP contribution in [0.5, 0.6) is 0 Å². The summed E-state index contributed by atoms with van der Waals surface area (Å²) in [5.74, 6) is 0.494. The summed E-state index contributed by atoms with van der Waals surface area (Å²) >= 11 is 0. The van der Waals surface area contributed by atoms with Crippen LogP contribution in [0.25, 0.3) is 0 Å². The minimum absolute atomic E-state index is 0.0545. The third kappa shape index (κ3) is 3.11. The number of aryl methyl sites for hydroxylation is 3. The summed E-state index contributed by atoms with van der Waals surface area (Å²) in [7, 11) is 0. The number of hydrogen-bond donors (Lipinski definition) is 0. The Morgan fingerprint density at radius 3 is 2.79 bits per heavy atom. The number of hydrogen-bond acceptors (Lipinski definition) is 5. The van der Waals surface area contributed by atoms with Crippen LogP contribution in [0, 0.1) is 12.8 Å². The summed E-state index contributed by atoms with van der Waals surface area (Å²) in [6.45, 7) is 5.53. The lowest BCUT2D eigenvalue weighted by Gasteiger charge is -2.39. The largest absolute Gasteiger partial charge is 0.297 e. The van der Waals surface area contributed by atoms with Crippen LogP contribution in [-0.4, -0.2) is 37.7 Å². The quantitative estimate of drug-likeness (QED) is 0.849. The lowest BCUT2D eigenvalue weighted by molar-refractivity contribution is 0.0748. The zero-order chi connectivity index (χ0) is 16.5. The van der Waals surface area contributed by atoms with Gasteiger partial charge in [0.05, 0.1) is 23.6 Å². The Hall–Kier alpha value is -2.08. The maximum absolute atomic E-state index is 12.3. The van der Waals surface area contributed by atoms with Crippen LogP contribution < -0.4 is 5.56 Å². The predicted octanol–water partition coefficient (Wildman–Crippen LogP) is 1.35. The Morgan fingerprint density at radius 1 is 1.17 bits per heavy atom. The molecule has 6 heteroatoms. The van der Waals surface area contributed by atoms with Crippen LogP contribution >= 0.6 is 0 Å². The van der Waals surface area contributed by atoms with Gasteiger partial charge in [-0.3, -0.25) is 19.7 Å². The van der Waals surface area contributed by atoms with E-state index in [9.17, 15) is 4.79 Å². The summed E-state index contributed by atoms with van der Waals surface area (Å²) in [6.07, 6.45) is 7.86. The zero-order valence-corrected chi connectivity index (χ0v) is 14.1. The first-order valence-corrected chi connectivity index (χ1v) is 8.78. The highest BCUT2D eigenvalue weighted by atomic mass is 16.1. The molecule has 0 unspecified atom stereocenters.